The lowest BCUT2D eigenvalue weighted by Crippen LogP contribution is -2.06. The van der Waals surface area contributed by atoms with Crippen LogP contribution in [0.3, 0.4) is 0 Å². The summed E-state index contributed by atoms with van der Waals surface area (Å²) in [5.74, 6) is 0.720. The Morgan fingerprint density at radius 2 is 2.08 bits per heavy atom. The summed E-state index contributed by atoms with van der Waals surface area (Å²) in [4.78, 5) is 24.2. The minimum absolute atomic E-state index is 0.0206. The number of hydrogen-bond acceptors (Lipinski definition) is 4. The SMILES string of the molecule is Cc1cc(C#N)ccc1C1=C(OC(=O)CCCCCCl)CCC1=O. The number of nitriles is 1. The standard InChI is InChI=1S/C19H20ClNO3/c1-13-11-14(12-21)6-7-15(13)19-16(22)8-9-17(19)24-18(23)5-3-2-4-10-20/h6-7,11H,2-5,8-10H2,1H3. The number of benzene rings is 1. The Morgan fingerprint density at radius 3 is 2.75 bits per heavy atom. The Balaban J connectivity index is 2.16. The van der Waals surface area contributed by atoms with Gasteiger partial charge >= 0.3 is 5.97 Å². The molecule has 1 aromatic carbocycles. The van der Waals surface area contributed by atoms with E-state index in [0.29, 0.717) is 42.0 Å². The van der Waals surface area contributed by atoms with E-state index in [0.717, 1.165) is 30.4 Å². The normalized spacial score (nSPS) is 14.0. The van der Waals surface area contributed by atoms with E-state index >= 15 is 0 Å². The second kappa shape index (κ2) is 8.65. The molecule has 4 nitrogen and oxygen atoms in total. The van der Waals surface area contributed by atoms with Crippen LogP contribution in [0.5, 0.6) is 0 Å². The predicted molar refractivity (Wildman–Crippen MR) is 92.3 cm³/mol. The van der Waals surface area contributed by atoms with Crippen LogP contribution in [0.25, 0.3) is 5.57 Å². The summed E-state index contributed by atoms with van der Waals surface area (Å²) in [6.45, 7) is 1.85. The number of halogens is 1. The van der Waals surface area contributed by atoms with Crippen LogP contribution in [0.15, 0.2) is 24.0 Å². The molecule has 2 rings (SSSR count). The molecule has 0 saturated carbocycles. The first-order valence-corrected chi connectivity index (χ1v) is 8.64. The molecular weight excluding hydrogens is 326 g/mol. The number of alkyl halides is 1. The van der Waals surface area contributed by atoms with Crippen LogP contribution < -0.4 is 0 Å². The highest BCUT2D eigenvalue weighted by Gasteiger charge is 2.28. The third-order valence-corrected chi connectivity index (χ3v) is 4.28. The first kappa shape index (κ1) is 18.2. The van der Waals surface area contributed by atoms with Crippen LogP contribution in [-0.4, -0.2) is 17.6 Å². The summed E-state index contributed by atoms with van der Waals surface area (Å²) in [5.41, 5.74) is 2.59. The Bertz CT molecular complexity index is 716. The van der Waals surface area contributed by atoms with E-state index in [2.05, 4.69) is 6.07 Å². The second-order valence-corrected chi connectivity index (χ2v) is 6.21. The quantitative estimate of drug-likeness (QED) is 0.420. The zero-order valence-corrected chi connectivity index (χ0v) is 14.5. The Kier molecular flexibility index (Phi) is 6.57. The van der Waals surface area contributed by atoms with Gasteiger partial charge in [0.2, 0.25) is 0 Å². The molecule has 126 valence electrons. The summed E-state index contributed by atoms with van der Waals surface area (Å²) < 4.78 is 5.46. The fourth-order valence-corrected chi connectivity index (χ4v) is 2.97. The third-order valence-electron chi connectivity index (χ3n) is 4.01. The van der Waals surface area contributed by atoms with E-state index in [9.17, 15) is 9.59 Å². The van der Waals surface area contributed by atoms with Crippen LogP contribution in [-0.2, 0) is 14.3 Å². The molecule has 0 N–H and O–H groups in total. The van der Waals surface area contributed by atoms with Crippen LogP contribution in [0.4, 0.5) is 0 Å². The molecular formula is C19H20ClNO3. The van der Waals surface area contributed by atoms with Gasteiger partial charge in [-0.2, -0.15) is 5.26 Å². The van der Waals surface area contributed by atoms with Gasteiger partial charge in [-0.25, -0.2) is 0 Å². The largest absolute Gasteiger partial charge is 0.430 e. The number of Topliss-reactive ketones (excluding diaryl/α,β-unsaturated/α-hetero) is 1. The number of hydrogen-bond donors (Lipinski definition) is 0. The Morgan fingerprint density at radius 1 is 1.29 bits per heavy atom. The molecule has 24 heavy (non-hydrogen) atoms. The van der Waals surface area contributed by atoms with Gasteiger partial charge in [0.1, 0.15) is 5.76 Å². The average Bonchev–Trinajstić information content (AvgIpc) is 2.92. The number of allylic oxidation sites excluding steroid dienone is 2. The summed E-state index contributed by atoms with van der Waals surface area (Å²) in [6.07, 6.45) is 3.63. The van der Waals surface area contributed by atoms with Gasteiger partial charge in [0.25, 0.3) is 0 Å². The molecule has 0 aromatic heterocycles. The van der Waals surface area contributed by atoms with E-state index in [-0.39, 0.29) is 11.8 Å². The maximum Gasteiger partial charge on any atom is 0.310 e. The topological polar surface area (TPSA) is 67.2 Å². The van der Waals surface area contributed by atoms with Crippen molar-refractivity contribution in [3.05, 3.63) is 40.6 Å². The molecule has 0 amide bonds. The molecule has 0 bridgehead atoms. The number of unbranched alkanes of at least 4 members (excludes halogenated alkanes) is 2. The van der Waals surface area contributed by atoms with Crippen molar-refractivity contribution in [1.29, 1.82) is 5.26 Å². The molecule has 0 aliphatic heterocycles. The van der Waals surface area contributed by atoms with Crippen molar-refractivity contribution in [1.82, 2.24) is 0 Å². The zero-order valence-electron chi connectivity index (χ0n) is 13.7. The predicted octanol–water partition coefficient (Wildman–Crippen LogP) is 4.28. The highest BCUT2D eigenvalue weighted by atomic mass is 35.5. The molecule has 0 radical (unpaired) electrons. The summed E-state index contributed by atoms with van der Waals surface area (Å²) in [5, 5.41) is 8.96. The van der Waals surface area contributed by atoms with Crippen molar-refractivity contribution in [2.45, 2.75) is 45.4 Å². The molecule has 1 aliphatic carbocycles. The smallest absolute Gasteiger partial charge is 0.310 e. The minimum atomic E-state index is -0.307. The van der Waals surface area contributed by atoms with Crippen molar-refractivity contribution in [3.63, 3.8) is 0 Å². The van der Waals surface area contributed by atoms with Crippen LogP contribution in [0, 0.1) is 18.3 Å². The number of carbonyl (C=O) groups excluding carboxylic acids is 2. The fourth-order valence-electron chi connectivity index (χ4n) is 2.78. The number of rotatable bonds is 7. The molecule has 0 saturated heterocycles. The van der Waals surface area contributed by atoms with E-state index in [4.69, 9.17) is 21.6 Å². The highest BCUT2D eigenvalue weighted by Crippen LogP contribution is 2.34. The number of carbonyl (C=O) groups is 2. The lowest BCUT2D eigenvalue weighted by molar-refractivity contribution is -0.139. The molecule has 1 aromatic rings. The number of esters is 1. The molecule has 5 heteroatoms. The van der Waals surface area contributed by atoms with Crippen molar-refractivity contribution >= 4 is 28.9 Å². The first-order valence-electron chi connectivity index (χ1n) is 8.11. The zero-order chi connectivity index (χ0) is 17.5. The molecule has 0 fully saturated rings. The third kappa shape index (κ3) is 4.46. The van der Waals surface area contributed by atoms with Crippen molar-refractivity contribution in [3.8, 4) is 6.07 Å². The Hall–Kier alpha value is -2.12. The van der Waals surface area contributed by atoms with Gasteiger partial charge in [-0.05, 0) is 43.0 Å². The highest BCUT2D eigenvalue weighted by molar-refractivity contribution is 6.24. The second-order valence-electron chi connectivity index (χ2n) is 5.84. The monoisotopic (exact) mass is 345 g/mol. The molecule has 0 unspecified atom stereocenters. The van der Waals surface area contributed by atoms with Crippen LogP contribution in [0.2, 0.25) is 0 Å². The van der Waals surface area contributed by atoms with Gasteiger partial charge in [-0.1, -0.05) is 12.5 Å². The van der Waals surface area contributed by atoms with E-state index in [1.165, 1.54) is 0 Å². The molecule has 0 atom stereocenters. The Labute approximate surface area is 147 Å². The molecule has 1 aliphatic rings. The average molecular weight is 346 g/mol. The number of aryl methyl sites for hydroxylation is 1. The van der Waals surface area contributed by atoms with E-state index in [1.807, 2.05) is 6.92 Å². The summed E-state index contributed by atoms with van der Waals surface area (Å²) in [6, 6.07) is 7.24. The maximum atomic E-state index is 12.2. The lowest BCUT2D eigenvalue weighted by Gasteiger charge is -2.10. The first-order chi connectivity index (χ1) is 11.6. The van der Waals surface area contributed by atoms with Gasteiger partial charge in [0, 0.05) is 25.1 Å². The summed E-state index contributed by atoms with van der Waals surface area (Å²) in [7, 11) is 0. The number of ether oxygens (including phenoxy) is 1. The molecule has 0 heterocycles. The van der Waals surface area contributed by atoms with Gasteiger partial charge in [0.15, 0.2) is 5.78 Å². The van der Waals surface area contributed by atoms with Crippen molar-refractivity contribution < 1.29 is 14.3 Å². The number of nitrogens with zero attached hydrogens (tertiary/aromatic N) is 1. The molecule has 0 spiro atoms. The maximum absolute atomic E-state index is 12.2. The van der Waals surface area contributed by atoms with Crippen LogP contribution >= 0.6 is 11.6 Å². The van der Waals surface area contributed by atoms with E-state index < -0.39 is 0 Å². The minimum Gasteiger partial charge on any atom is -0.430 e. The van der Waals surface area contributed by atoms with E-state index in [1.54, 1.807) is 18.2 Å². The van der Waals surface area contributed by atoms with Crippen LogP contribution in [0.1, 0.15) is 55.2 Å². The van der Waals surface area contributed by atoms with Gasteiger partial charge in [-0.15, -0.1) is 11.6 Å². The fraction of sp³-hybridized carbons (Fsp3) is 0.421. The van der Waals surface area contributed by atoms with Gasteiger partial charge in [0.05, 0.1) is 17.2 Å². The lowest BCUT2D eigenvalue weighted by atomic mass is 9.97. The van der Waals surface area contributed by atoms with Crippen molar-refractivity contribution in [2.75, 3.05) is 5.88 Å². The van der Waals surface area contributed by atoms with Gasteiger partial charge in [-0.3, -0.25) is 9.59 Å². The number of ketones is 1. The summed E-state index contributed by atoms with van der Waals surface area (Å²) >= 11 is 5.61. The van der Waals surface area contributed by atoms with Crippen molar-refractivity contribution in [2.24, 2.45) is 0 Å². The van der Waals surface area contributed by atoms with Gasteiger partial charge < -0.3 is 4.74 Å².